The Labute approximate surface area is 96.0 Å². The molecule has 1 fully saturated rings. The zero-order chi connectivity index (χ0) is 11.5. The largest absolute Gasteiger partial charge is 0.326 e. The van der Waals surface area contributed by atoms with E-state index in [-0.39, 0.29) is 11.9 Å². The highest BCUT2D eigenvalue weighted by molar-refractivity contribution is 5.88. The Morgan fingerprint density at radius 3 is 2.44 bits per heavy atom. The molecule has 0 unspecified atom stereocenters. The van der Waals surface area contributed by atoms with Crippen molar-refractivity contribution in [3.05, 3.63) is 29.8 Å². The van der Waals surface area contributed by atoms with E-state index < -0.39 is 0 Å². The van der Waals surface area contributed by atoms with Gasteiger partial charge in [0.2, 0.25) is 5.91 Å². The fourth-order valence-electron chi connectivity index (χ4n) is 2.06. The van der Waals surface area contributed by atoms with Gasteiger partial charge in [-0.2, -0.15) is 0 Å². The third-order valence-corrected chi connectivity index (χ3v) is 3.27. The van der Waals surface area contributed by atoms with Crippen molar-refractivity contribution in [3.8, 4) is 0 Å². The fourth-order valence-corrected chi connectivity index (χ4v) is 2.06. The van der Waals surface area contributed by atoms with Crippen LogP contribution >= 0.6 is 0 Å². The molecule has 1 aromatic carbocycles. The summed E-state index contributed by atoms with van der Waals surface area (Å²) in [4.78, 5) is 10.9. The summed E-state index contributed by atoms with van der Waals surface area (Å²) in [6, 6.07) is 7.99. The molecule has 0 bridgehead atoms. The highest BCUT2D eigenvalue weighted by Gasteiger charge is 2.25. The van der Waals surface area contributed by atoms with E-state index in [1.807, 2.05) is 24.3 Å². The van der Waals surface area contributed by atoms with Crippen LogP contribution < -0.4 is 11.1 Å². The Bertz CT molecular complexity index is 368. The quantitative estimate of drug-likeness (QED) is 0.818. The van der Waals surface area contributed by atoms with Crippen molar-refractivity contribution in [1.29, 1.82) is 0 Å². The lowest BCUT2D eigenvalue weighted by Gasteiger charge is -2.31. The third kappa shape index (κ3) is 2.42. The van der Waals surface area contributed by atoms with Gasteiger partial charge in [-0.25, -0.2) is 0 Å². The number of anilines is 1. The molecule has 86 valence electrons. The Morgan fingerprint density at radius 1 is 1.38 bits per heavy atom. The molecule has 0 aliphatic heterocycles. The minimum Gasteiger partial charge on any atom is -0.326 e. The monoisotopic (exact) mass is 218 g/mol. The second-order valence-corrected chi connectivity index (χ2v) is 4.52. The summed E-state index contributed by atoms with van der Waals surface area (Å²) in [7, 11) is 0. The number of hydrogen-bond acceptors (Lipinski definition) is 2. The molecule has 1 amide bonds. The normalized spacial score (nSPS) is 17.6. The second-order valence-electron chi connectivity index (χ2n) is 4.52. The molecule has 0 saturated heterocycles. The van der Waals surface area contributed by atoms with Crippen molar-refractivity contribution >= 4 is 11.6 Å². The molecule has 0 spiro atoms. The van der Waals surface area contributed by atoms with Gasteiger partial charge in [0, 0.05) is 18.7 Å². The van der Waals surface area contributed by atoms with Gasteiger partial charge in [-0.15, -0.1) is 0 Å². The van der Waals surface area contributed by atoms with Gasteiger partial charge in [-0.3, -0.25) is 4.79 Å². The van der Waals surface area contributed by atoms with Crippen LogP contribution in [0.5, 0.6) is 0 Å². The summed E-state index contributed by atoms with van der Waals surface area (Å²) >= 11 is 0. The van der Waals surface area contributed by atoms with E-state index in [0.717, 1.165) is 5.69 Å². The van der Waals surface area contributed by atoms with E-state index in [1.54, 1.807) is 0 Å². The first-order valence-corrected chi connectivity index (χ1v) is 5.80. The van der Waals surface area contributed by atoms with E-state index in [4.69, 9.17) is 5.73 Å². The molecule has 1 saturated carbocycles. The van der Waals surface area contributed by atoms with Gasteiger partial charge in [-0.1, -0.05) is 18.6 Å². The van der Waals surface area contributed by atoms with E-state index in [2.05, 4.69) is 5.32 Å². The van der Waals surface area contributed by atoms with Crippen LogP contribution in [0.2, 0.25) is 0 Å². The molecule has 3 nitrogen and oxygen atoms in total. The Hall–Kier alpha value is -1.35. The summed E-state index contributed by atoms with van der Waals surface area (Å²) in [5, 5.41) is 2.75. The molecule has 3 heteroatoms. The van der Waals surface area contributed by atoms with Crippen molar-refractivity contribution in [2.75, 3.05) is 5.32 Å². The van der Waals surface area contributed by atoms with Crippen molar-refractivity contribution < 1.29 is 4.79 Å². The van der Waals surface area contributed by atoms with Gasteiger partial charge in [0.05, 0.1) is 0 Å². The SMILES string of the molecule is CC(=O)Nc1ccc([C@@H](N)C2CCC2)cc1. The molecule has 3 N–H and O–H groups in total. The average molecular weight is 218 g/mol. The maximum atomic E-state index is 10.9. The van der Waals surface area contributed by atoms with E-state index in [1.165, 1.54) is 31.7 Å². The van der Waals surface area contributed by atoms with Crippen LogP contribution in [0, 0.1) is 5.92 Å². The van der Waals surface area contributed by atoms with Crippen LogP contribution in [0.15, 0.2) is 24.3 Å². The topological polar surface area (TPSA) is 55.1 Å². The van der Waals surface area contributed by atoms with E-state index in [9.17, 15) is 4.79 Å². The van der Waals surface area contributed by atoms with Gasteiger partial charge in [0.1, 0.15) is 0 Å². The summed E-state index contributed by atoms with van der Waals surface area (Å²) in [6.45, 7) is 1.51. The van der Waals surface area contributed by atoms with Crippen molar-refractivity contribution in [3.63, 3.8) is 0 Å². The molecule has 1 atom stereocenters. The van der Waals surface area contributed by atoms with Crippen LogP contribution in [-0.4, -0.2) is 5.91 Å². The number of carbonyl (C=O) groups excluding carboxylic acids is 1. The lowest BCUT2D eigenvalue weighted by Crippen LogP contribution is -2.26. The Balaban J connectivity index is 2.03. The van der Waals surface area contributed by atoms with Crippen molar-refractivity contribution in [2.24, 2.45) is 11.7 Å². The number of amides is 1. The number of carbonyl (C=O) groups is 1. The molecule has 1 aliphatic carbocycles. The molecule has 0 radical (unpaired) electrons. The van der Waals surface area contributed by atoms with E-state index >= 15 is 0 Å². The average Bonchev–Trinajstić information content (AvgIpc) is 2.15. The lowest BCUT2D eigenvalue weighted by molar-refractivity contribution is -0.114. The zero-order valence-electron chi connectivity index (χ0n) is 9.57. The summed E-state index contributed by atoms with van der Waals surface area (Å²) in [6.07, 6.45) is 3.80. The zero-order valence-corrected chi connectivity index (χ0v) is 9.57. The second kappa shape index (κ2) is 4.66. The molecular weight excluding hydrogens is 200 g/mol. The molecule has 0 heterocycles. The first-order valence-electron chi connectivity index (χ1n) is 5.80. The van der Waals surface area contributed by atoms with Crippen LogP contribution in [0.25, 0.3) is 0 Å². The highest BCUT2D eigenvalue weighted by Crippen LogP contribution is 2.36. The summed E-state index contributed by atoms with van der Waals surface area (Å²) in [5.74, 6) is 0.600. The van der Waals surface area contributed by atoms with Crippen LogP contribution in [0.1, 0.15) is 37.8 Å². The Morgan fingerprint density at radius 2 is 2.00 bits per heavy atom. The lowest BCUT2D eigenvalue weighted by atomic mass is 9.77. The molecular formula is C13H18N2O. The van der Waals surface area contributed by atoms with Crippen LogP contribution in [-0.2, 0) is 4.79 Å². The maximum absolute atomic E-state index is 10.9. The molecule has 1 aromatic rings. The minimum atomic E-state index is -0.0453. The number of rotatable bonds is 3. The van der Waals surface area contributed by atoms with Gasteiger partial charge < -0.3 is 11.1 Å². The molecule has 2 rings (SSSR count). The summed E-state index contributed by atoms with van der Waals surface area (Å²) < 4.78 is 0. The fraction of sp³-hybridized carbons (Fsp3) is 0.462. The maximum Gasteiger partial charge on any atom is 0.221 e. The predicted octanol–water partition coefficient (Wildman–Crippen LogP) is 2.44. The number of benzene rings is 1. The molecule has 1 aliphatic rings. The van der Waals surface area contributed by atoms with Crippen molar-refractivity contribution in [2.45, 2.75) is 32.2 Å². The molecule has 0 aromatic heterocycles. The van der Waals surface area contributed by atoms with Crippen molar-refractivity contribution in [1.82, 2.24) is 0 Å². The number of nitrogens with one attached hydrogen (secondary N) is 1. The van der Waals surface area contributed by atoms with Crippen LogP contribution in [0.4, 0.5) is 5.69 Å². The third-order valence-electron chi connectivity index (χ3n) is 3.27. The van der Waals surface area contributed by atoms with Gasteiger partial charge in [-0.05, 0) is 36.5 Å². The first-order chi connectivity index (χ1) is 7.66. The number of nitrogens with two attached hydrogens (primary N) is 1. The predicted molar refractivity (Wildman–Crippen MR) is 65.0 cm³/mol. The number of hydrogen-bond donors (Lipinski definition) is 2. The molecule has 16 heavy (non-hydrogen) atoms. The van der Waals surface area contributed by atoms with Crippen LogP contribution in [0.3, 0.4) is 0 Å². The smallest absolute Gasteiger partial charge is 0.221 e. The Kier molecular flexibility index (Phi) is 3.25. The van der Waals surface area contributed by atoms with E-state index in [0.29, 0.717) is 5.92 Å². The van der Waals surface area contributed by atoms with Gasteiger partial charge >= 0.3 is 0 Å². The highest BCUT2D eigenvalue weighted by atomic mass is 16.1. The van der Waals surface area contributed by atoms with Gasteiger partial charge in [0.15, 0.2) is 0 Å². The first kappa shape index (κ1) is 11.1. The van der Waals surface area contributed by atoms with Gasteiger partial charge in [0.25, 0.3) is 0 Å². The standard InChI is InChI=1S/C13H18N2O/c1-9(16)15-12-7-5-11(6-8-12)13(14)10-3-2-4-10/h5-8,10,13H,2-4,14H2,1H3,(H,15,16)/t13-/m0/s1. The summed E-state index contributed by atoms with van der Waals surface area (Å²) in [5.41, 5.74) is 8.16. The minimum absolute atomic E-state index is 0.0453.